The molecule has 0 saturated heterocycles. The summed E-state index contributed by atoms with van der Waals surface area (Å²) in [7, 11) is 0. The Balaban J connectivity index is 0.00000256. The maximum Gasteiger partial charge on any atom is 2.00 e. The molecular weight excluding hydrogens is 631 g/mol. The third kappa shape index (κ3) is 7.73. The van der Waals surface area contributed by atoms with Gasteiger partial charge in [-0.25, -0.2) is 9.97 Å². The Morgan fingerprint density at radius 1 is 0.872 bits per heavy atom. The van der Waals surface area contributed by atoms with E-state index < -0.39 is 24.3 Å². The zero-order valence-corrected chi connectivity index (χ0v) is 33.3. The van der Waals surface area contributed by atoms with Crippen LogP contribution in [0.25, 0.3) is 50.4 Å². The van der Waals surface area contributed by atoms with Crippen LogP contribution in [-0.4, -0.2) is 46.1 Å². The van der Waals surface area contributed by atoms with E-state index in [1.807, 2.05) is 32.9 Å². The van der Waals surface area contributed by atoms with E-state index in [4.69, 9.17) is 9.97 Å². The summed E-state index contributed by atoms with van der Waals surface area (Å²) in [6.07, 6.45) is 1.55. The molecule has 0 aromatic carbocycles. The Morgan fingerprint density at radius 2 is 1.45 bits per heavy atom. The van der Waals surface area contributed by atoms with Crippen molar-refractivity contribution in [3.63, 3.8) is 0 Å². The minimum absolute atomic E-state index is 0. The van der Waals surface area contributed by atoms with E-state index in [9.17, 15) is 29.7 Å². The summed E-state index contributed by atoms with van der Waals surface area (Å²) in [6, 6.07) is 5.54. The molecule has 2 aliphatic rings. The number of nitrogens with one attached hydrogen (secondary N) is 2. The van der Waals surface area contributed by atoms with Crippen molar-refractivity contribution >= 4 is 91.4 Å². The minimum atomic E-state index is -1.50. The number of aliphatic carboxylic acids is 2. The zero-order chi connectivity index (χ0) is 32.0. The summed E-state index contributed by atoms with van der Waals surface area (Å²) in [5.74, 6) is -3.98. The number of rotatable bonds is 8. The van der Waals surface area contributed by atoms with Crippen LogP contribution in [0.4, 0.5) is 0 Å². The number of carbonyl (C=O) groups excluding carboxylic acids is 2. The number of fused-ring (bicyclic) bond motifs is 8. The third-order valence-corrected chi connectivity index (χ3v) is 8.50. The predicted octanol–water partition coefficient (Wildman–Crippen LogP) is -3.91. The van der Waals surface area contributed by atoms with Crippen LogP contribution in [0, 0.1) is 13.8 Å². The van der Waals surface area contributed by atoms with E-state index in [0.717, 1.165) is 33.7 Å². The minimum Gasteiger partial charge on any atom is -0.657 e. The largest absolute Gasteiger partial charge is 2.00 e. The first kappa shape index (κ1) is 40.7. The van der Waals surface area contributed by atoms with Gasteiger partial charge >= 0.3 is 88.1 Å². The van der Waals surface area contributed by atoms with Crippen LogP contribution in [0.2, 0.25) is 0 Å². The monoisotopic (exact) mass is 662 g/mol. The van der Waals surface area contributed by atoms with Crippen molar-refractivity contribution in [2.75, 3.05) is 0 Å². The Labute approximate surface area is 332 Å². The molecule has 0 spiro atoms. The maximum atomic E-state index is 12.5. The Kier molecular flexibility index (Phi) is 14.1. The number of carbonyl (C=O) groups is 3. The quantitative estimate of drug-likeness (QED) is 0.238. The molecule has 0 unspecified atom stereocenters. The van der Waals surface area contributed by atoms with Gasteiger partial charge in [0.2, 0.25) is 22.8 Å². The van der Waals surface area contributed by atoms with Crippen molar-refractivity contribution in [1.29, 1.82) is 0 Å². The topological polar surface area (TPSA) is 174 Å². The molecule has 3 N–H and O–H groups in total. The first-order valence-electron chi connectivity index (χ1n) is 14.3. The number of carboxylic acids is 3. The van der Waals surface area contributed by atoms with Crippen molar-refractivity contribution < 1.29 is 98.8 Å². The van der Waals surface area contributed by atoms with Crippen LogP contribution < -0.4 is 89.3 Å². The standard InChI is InChI=1S/C34H34N4O6.Mg.2Na/c1-7-19-15(3)23-12-25-17(5)21(9-10-29(39)40)32(37-25)22(11-30(41)42)33-31(34(43)44)18(6)26(38-33)14-28-20(8-2)16(4)24(36-28)13-27(19)35-23;;;/h7,12-14H,1,8-11H2,2-6H3,(H5,35,36,37,38,39,40,41,42,43,44);;;/q;+2;2*+1/p-2. The maximum absolute atomic E-state index is 12.5. The molecule has 0 aliphatic carbocycles. The molecule has 13 heteroatoms. The summed E-state index contributed by atoms with van der Waals surface area (Å²) in [5.41, 5.74) is 9.25. The number of aromatic nitrogens is 4. The molecule has 3 aromatic heterocycles. The molecule has 8 bridgehead atoms. The average Bonchev–Trinajstić information content (AvgIpc) is 3.63. The molecule has 0 amide bonds. The molecule has 0 fully saturated rings. The van der Waals surface area contributed by atoms with E-state index in [0.29, 0.717) is 51.1 Å². The van der Waals surface area contributed by atoms with Crippen molar-refractivity contribution in [1.82, 2.24) is 9.97 Å². The van der Waals surface area contributed by atoms with Gasteiger partial charge in [-0.05, 0) is 76.3 Å². The summed E-state index contributed by atoms with van der Waals surface area (Å²) in [6.45, 7) is 13.4. The summed E-state index contributed by atoms with van der Waals surface area (Å²) >= 11 is 0. The molecule has 0 radical (unpaired) electrons. The van der Waals surface area contributed by atoms with E-state index in [2.05, 4.69) is 16.5 Å². The van der Waals surface area contributed by atoms with Gasteiger partial charge in [-0.1, -0.05) is 30.7 Å². The second-order valence-corrected chi connectivity index (χ2v) is 11.0. The number of aryl methyl sites for hydroxylation is 2. The fraction of sp³-hybridized carbons (Fsp3) is 0.265. The first-order valence-corrected chi connectivity index (χ1v) is 14.3. The molecule has 47 heavy (non-hydrogen) atoms. The number of hydrogen-bond acceptors (Lipinski definition) is 5. The van der Waals surface area contributed by atoms with Crippen LogP contribution in [0.3, 0.4) is 0 Å². The van der Waals surface area contributed by atoms with Gasteiger partial charge in [-0.3, -0.25) is 4.79 Å². The van der Waals surface area contributed by atoms with Gasteiger partial charge in [0.25, 0.3) is 0 Å². The first-order chi connectivity index (χ1) is 20.9. The molecule has 5 heterocycles. The molecule has 0 atom stereocenters. The molecule has 10 nitrogen and oxygen atoms in total. The van der Waals surface area contributed by atoms with Crippen LogP contribution in [0.1, 0.15) is 95.4 Å². The fourth-order valence-corrected chi connectivity index (χ4v) is 6.14. The van der Waals surface area contributed by atoms with Gasteiger partial charge in [0.15, 0.2) is 0 Å². The summed E-state index contributed by atoms with van der Waals surface area (Å²) in [5, 5.41) is 34.0. The molecule has 0 saturated carbocycles. The molecule has 5 rings (SSSR count). The van der Waals surface area contributed by atoms with Gasteiger partial charge in [-0.2, -0.15) is 0 Å². The number of nitrogens with zero attached hydrogens (tertiary/aromatic N) is 2. The summed E-state index contributed by atoms with van der Waals surface area (Å²) in [4.78, 5) is 52.6. The van der Waals surface area contributed by atoms with Crippen molar-refractivity contribution in [2.24, 2.45) is 0 Å². The third-order valence-electron chi connectivity index (χ3n) is 8.50. The Hall–Kier alpha value is -2.48. The number of aromatic amines is 2. The van der Waals surface area contributed by atoms with E-state index in [-0.39, 0.29) is 112 Å². The zero-order valence-electron chi connectivity index (χ0n) is 27.9. The van der Waals surface area contributed by atoms with Crippen molar-refractivity contribution in [3.05, 3.63) is 75.4 Å². The summed E-state index contributed by atoms with van der Waals surface area (Å²) < 4.78 is 0. The second-order valence-electron chi connectivity index (χ2n) is 11.0. The van der Waals surface area contributed by atoms with Crippen LogP contribution in [0.15, 0.2) is 24.8 Å². The SMILES string of the molecule is C=Cc1c(C)c2cc3[nH+]c(c(CC(=O)O)c4[n-]c(cc5[nH+]c(cc1[n-]2)C(C)=C5CC)c(C)c4C(=O)[O-])C(CCC(=O)[O-])=C3C.[Mg+2].[Na+].[Na+]. The molecule has 226 valence electrons. The average molecular weight is 663 g/mol. The Morgan fingerprint density at radius 3 is 2.02 bits per heavy atom. The van der Waals surface area contributed by atoms with Gasteiger partial charge in [0.05, 0.1) is 12.4 Å². The van der Waals surface area contributed by atoms with Crippen LogP contribution in [-0.2, 0) is 16.0 Å². The van der Waals surface area contributed by atoms with E-state index in [1.54, 1.807) is 26.0 Å². The predicted molar refractivity (Wildman–Crippen MR) is 167 cm³/mol. The molecule has 3 aromatic rings. The number of hydrogen-bond donors (Lipinski definition) is 1. The number of aromatic carboxylic acids is 1. The second kappa shape index (κ2) is 16.3. The van der Waals surface area contributed by atoms with Crippen LogP contribution in [0.5, 0.6) is 0 Å². The number of H-pyrrole nitrogens is 2. The van der Waals surface area contributed by atoms with E-state index in [1.165, 1.54) is 0 Å². The normalized spacial score (nSPS) is 12.2. The fourth-order valence-electron chi connectivity index (χ4n) is 6.14. The van der Waals surface area contributed by atoms with Gasteiger partial charge in [0.1, 0.15) is 0 Å². The van der Waals surface area contributed by atoms with Crippen molar-refractivity contribution in [3.8, 4) is 0 Å². The number of allylic oxidation sites excluding steroid dienone is 4. The number of carboxylic acid groups (broad SMARTS) is 3. The van der Waals surface area contributed by atoms with Crippen molar-refractivity contribution in [2.45, 2.75) is 60.3 Å². The van der Waals surface area contributed by atoms with Gasteiger partial charge in [0, 0.05) is 33.8 Å². The molecule has 2 aliphatic heterocycles. The molecular formula is C34H32MgN4Na2O6+2. The van der Waals surface area contributed by atoms with E-state index >= 15 is 0 Å². The van der Waals surface area contributed by atoms with Crippen LogP contribution >= 0.6 is 0 Å². The smallest absolute Gasteiger partial charge is 0.657 e. The van der Waals surface area contributed by atoms with Gasteiger partial charge in [-0.15, -0.1) is 22.1 Å². The van der Waals surface area contributed by atoms with Gasteiger partial charge < -0.3 is 34.9 Å². The Bertz CT molecular complexity index is 2040.